The van der Waals surface area contributed by atoms with Crippen molar-refractivity contribution in [3.8, 4) is 0 Å². The third kappa shape index (κ3) is 1.67. The summed E-state index contributed by atoms with van der Waals surface area (Å²) in [5.41, 5.74) is 10.3. The van der Waals surface area contributed by atoms with Gasteiger partial charge in [-0.1, -0.05) is 42.5 Å². The van der Waals surface area contributed by atoms with E-state index in [0.717, 1.165) is 12.8 Å². The molecular formula is C17H17N3. The monoisotopic (exact) mass is 263 g/mol. The van der Waals surface area contributed by atoms with Gasteiger partial charge in [0.1, 0.15) is 0 Å². The van der Waals surface area contributed by atoms with E-state index in [1.54, 1.807) is 0 Å². The lowest BCUT2D eigenvalue weighted by Crippen LogP contribution is -2.30. The summed E-state index contributed by atoms with van der Waals surface area (Å²) in [5, 5.41) is 5.76. The van der Waals surface area contributed by atoms with Gasteiger partial charge in [0.2, 0.25) is 0 Å². The van der Waals surface area contributed by atoms with Crippen LogP contribution in [0.25, 0.3) is 10.9 Å². The highest BCUT2D eigenvalue weighted by Gasteiger charge is 2.28. The molecule has 1 aliphatic carbocycles. The molecule has 0 aliphatic heterocycles. The lowest BCUT2D eigenvalue weighted by Gasteiger charge is -2.31. The first-order valence-corrected chi connectivity index (χ1v) is 7.10. The summed E-state index contributed by atoms with van der Waals surface area (Å²) in [6.07, 6.45) is 4.05. The van der Waals surface area contributed by atoms with Crippen molar-refractivity contribution in [3.05, 3.63) is 65.9 Å². The zero-order chi connectivity index (χ0) is 13.5. The topological polar surface area (TPSA) is 43.8 Å². The first-order chi connectivity index (χ1) is 9.84. The van der Waals surface area contributed by atoms with E-state index < -0.39 is 0 Å². The Hall–Kier alpha value is -2.13. The van der Waals surface area contributed by atoms with Gasteiger partial charge in [0.25, 0.3) is 0 Å². The number of aryl methyl sites for hydroxylation is 1. The molecule has 0 saturated carbocycles. The minimum Gasteiger partial charge on any atom is -0.322 e. The van der Waals surface area contributed by atoms with Crippen LogP contribution in [0.4, 0.5) is 0 Å². The van der Waals surface area contributed by atoms with Crippen molar-refractivity contribution in [2.75, 3.05) is 0 Å². The predicted molar refractivity (Wildman–Crippen MR) is 80.5 cm³/mol. The molecule has 0 bridgehead atoms. The Morgan fingerprint density at radius 2 is 1.85 bits per heavy atom. The Labute approximate surface area is 118 Å². The number of hydrogen-bond donors (Lipinski definition) is 1. The van der Waals surface area contributed by atoms with E-state index in [0.29, 0.717) is 0 Å². The Bertz CT molecular complexity index is 760. The third-order valence-corrected chi connectivity index (χ3v) is 4.36. The Balaban J connectivity index is 1.81. The van der Waals surface area contributed by atoms with E-state index in [9.17, 15) is 0 Å². The molecule has 20 heavy (non-hydrogen) atoms. The molecule has 1 aromatic heterocycles. The smallest absolute Gasteiger partial charge is 0.0722 e. The van der Waals surface area contributed by atoms with Crippen LogP contribution in [0.1, 0.15) is 29.6 Å². The molecule has 100 valence electrons. The van der Waals surface area contributed by atoms with Crippen molar-refractivity contribution < 1.29 is 0 Å². The van der Waals surface area contributed by atoms with Gasteiger partial charge in [-0.15, -0.1) is 0 Å². The maximum Gasteiger partial charge on any atom is 0.0722 e. The second kappa shape index (κ2) is 4.46. The highest BCUT2D eigenvalue weighted by molar-refractivity contribution is 5.78. The maximum atomic E-state index is 6.51. The molecule has 0 spiro atoms. The summed E-state index contributed by atoms with van der Waals surface area (Å²) in [6, 6.07) is 17.1. The van der Waals surface area contributed by atoms with Crippen molar-refractivity contribution >= 4 is 10.9 Å². The summed E-state index contributed by atoms with van der Waals surface area (Å²) >= 11 is 0. The predicted octanol–water partition coefficient (Wildman–Crippen LogP) is 3.22. The molecule has 2 N–H and O–H groups in total. The fourth-order valence-electron chi connectivity index (χ4n) is 3.31. The van der Waals surface area contributed by atoms with E-state index in [1.807, 2.05) is 12.3 Å². The van der Waals surface area contributed by atoms with Gasteiger partial charge >= 0.3 is 0 Å². The zero-order valence-electron chi connectivity index (χ0n) is 11.2. The normalized spacial score (nSPS) is 21.9. The summed E-state index contributed by atoms with van der Waals surface area (Å²) in [5.74, 6) is 0. The molecule has 3 nitrogen and oxygen atoms in total. The molecule has 0 saturated heterocycles. The molecule has 0 radical (unpaired) electrons. The number of nitrogens with two attached hydrogens (primary N) is 1. The van der Waals surface area contributed by atoms with Crippen LogP contribution >= 0.6 is 0 Å². The number of hydrogen-bond acceptors (Lipinski definition) is 2. The lowest BCUT2D eigenvalue weighted by atomic mass is 9.84. The summed E-state index contributed by atoms with van der Waals surface area (Å²) in [7, 11) is 0. The van der Waals surface area contributed by atoms with Crippen LogP contribution in [0.15, 0.2) is 54.7 Å². The van der Waals surface area contributed by atoms with Crippen molar-refractivity contribution in [1.82, 2.24) is 9.78 Å². The van der Waals surface area contributed by atoms with Crippen LogP contribution in [0, 0.1) is 0 Å². The van der Waals surface area contributed by atoms with Crippen molar-refractivity contribution in [3.63, 3.8) is 0 Å². The number of nitrogens with zero attached hydrogens (tertiary/aromatic N) is 2. The number of aromatic nitrogens is 2. The largest absolute Gasteiger partial charge is 0.322 e. The average molecular weight is 263 g/mol. The minimum absolute atomic E-state index is 0.0169. The van der Waals surface area contributed by atoms with Gasteiger partial charge in [0.15, 0.2) is 0 Å². The molecule has 1 aliphatic rings. The summed E-state index contributed by atoms with van der Waals surface area (Å²) < 4.78 is 2.11. The van der Waals surface area contributed by atoms with Crippen LogP contribution in [0.3, 0.4) is 0 Å². The molecule has 3 heteroatoms. The molecule has 2 atom stereocenters. The second-order valence-corrected chi connectivity index (χ2v) is 5.48. The van der Waals surface area contributed by atoms with Crippen molar-refractivity contribution in [1.29, 1.82) is 0 Å². The van der Waals surface area contributed by atoms with Gasteiger partial charge in [-0.2, -0.15) is 5.10 Å². The lowest BCUT2D eigenvalue weighted by molar-refractivity contribution is 0.351. The van der Waals surface area contributed by atoms with Crippen LogP contribution in [0.5, 0.6) is 0 Å². The average Bonchev–Trinajstić information content (AvgIpc) is 2.92. The van der Waals surface area contributed by atoms with Gasteiger partial charge < -0.3 is 5.73 Å². The first-order valence-electron chi connectivity index (χ1n) is 7.10. The molecule has 2 unspecified atom stereocenters. The Kier molecular flexibility index (Phi) is 2.60. The van der Waals surface area contributed by atoms with Crippen molar-refractivity contribution in [2.45, 2.75) is 24.9 Å². The van der Waals surface area contributed by atoms with Crippen LogP contribution < -0.4 is 5.73 Å². The highest BCUT2D eigenvalue weighted by atomic mass is 15.3. The van der Waals surface area contributed by atoms with Gasteiger partial charge in [-0.25, -0.2) is 0 Å². The van der Waals surface area contributed by atoms with E-state index in [1.165, 1.54) is 22.0 Å². The highest BCUT2D eigenvalue weighted by Crippen LogP contribution is 2.36. The minimum atomic E-state index is 0.0169. The standard InChI is InChI=1S/C17H17N3/c18-17-14-7-3-1-5-12(14)9-10-16(17)20-15-8-4-2-6-13(15)11-19-20/h1-8,11,16-17H,9-10,18H2. The zero-order valence-corrected chi connectivity index (χ0v) is 11.2. The van der Waals surface area contributed by atoms with Gasteiger partial charge in [-0.3, -0.25) is 4.68 Å². The quantitative estimate of drug-likeness (QED) is 0.732. The number of rotatable bonds is 1. The van der Waals surface area contributed by atoms with E-state index in [4.69, 9.17) is 5.73 Å². The molecular weight excluding hydrogens is 246 g/mol. The molecule has 4 rings (SSSR count). The van der Waals surface area contributed by atoms with Crippen LogP contribution in [-0.4, -0.2) is 9.78 Å². The summed E-state index contributed by atoms with van der Waals surface area (Å²) in [4.78, 5) is 0. The SMILES string of the molecule is NC1c2ccccc2CCC1n1ncc2ccccc21. The third-order valence-electron chi connectivity index (χ3n) is 4.36. The van der Waals surface area contributed by atoms with Gasteiger partial charge in [0, 0.05) is 5.39 Å². The molecule has 2 aromatic carbocycles. The first kappa shape index (κ1) is 11.7. The van der Waals surface area contributed by atoms with E-state index in [2.05, 4.69) is 52.2 Å². The number of para-hydroxylation sites is 1. The Morgan fingerprint density at radius 3 is 2.80 bits per heavy atom. The van der Waals surface area contributed by atoms with Crippen LogP contribution in [-0.2, 0) is 6.42 Å². The fourth-order valence-corrected chi connectivity index (χ4v) is 3.31. The number of benzene rings is 2. The fraction of sp³-hybridized carbons (Fsp3) is 0.235. The van der Waals surface area contributed by atoms with Crippen LogP contribution in [0.2, 0.25) is 0 Å². The van der Waals surface area contributed by atoms with Crippen molar-refractivity contribution in [2.24, 2.45) is 5.73 Å². The maximum absolute atomic E-state index is 6.51. The van der Waals surface area contributed by atoms with Gasteiger partial charge in [0.05, 0.1) is 23.8 Å². The second-order valence-electron chi connectivity index (χ2n) is 5.48. The number of fused-ring (bicyclic) bond motifs is 2. The molecule has 0 amide bonds. The Morgan fingerprint density at radius 1 is 1.05 bits per heavy atom. The molecule has 1 heterocycles. The summed E-state index contributed by atoms with van der Waals surface area (Å²) in [6.45, 7) is 0. The van der Waals surface area contributed by atoms with E-state index >= 15 is 0 Å². The van der Waals surface area contributed by atoms with Gasteiger partial charge in [-0.05, 0) is 30.0 Å². The molecule has 3 aromatic rings. The van der Waals surface area contributed by atoms with E-state index in [-0.39, 0.29) is 12.1 Å². The molecule has 0 fully saturated rings.